The Morgan fingerprint density at radius 1 is 1.04 bits per heavy atom. The van der Waals surface area contributed by atoms with Crippen LogP contribution in [0.4, 0.5) is 4.39 Å². The van der Waals surface area contributed by atoms with Crippen molar-refractivity contribution in [1.82, 2.24) is 34.9 Å². The lowest BCUT2D eigenvalue weighted by Gasteiger charge is -2.09. The molecule has 3 N–H and O–H groups in total. The predicted octanol–water partition coefficient (Wildman–Crippen LogP) is 6.20. The molecule has 0 aliphatic heterocycles. The summed E-state index contributed by atoms with van der Waals surface area (Å²) in [6.45, 7) is 0.440. The maximum atomic E-state index is 14.7. The number of nitrogens with zero attached hydrogens (tertiary/aromatic N) is 4. The Labute approximate surface area is 269 Å². The third-order valence-corrected chi connectivity index (χ3v) is 8.86. The molecule has 1 atom stereocenters. The Bertz CT molecular complexity index is 2390. The summed E-state index contributed by atoms with van der Waals surface area (Å²) in [5.41, 5.74) is 8.27. The molecule has 1 saturated carbocycles. The fraction of sp³-hybridized carbons (Fsp3) is 0.143. The molecule has 234 valence electrons. The van der Waals surface area contributed by atoms with Gasteiger partial charge in [0.1, 0.15) is 23.9 Å². The van der Waals surface area contributed by atoms with Crippen molar-refractivity contribution in [2.75, 3.05) is 6.26 Å². The normalized spacial score (nSPS) is 16.0. The molecule has 8 rings (SSSR count). The number of allylic oxidation sites excluding steroid dienone is 5. The average Bonchev–Trinajstić information content (AvgIpc) is 3.46. The van der Waals surface area contributed by atoms with Crippen LogP contribution in [0.5, 0.6) is 0 Å². The summed E-state index contributed by atoms with van der Waals surface area (Å²) in [5, 5.41) is 8.44. The number of imidazole rings is 1. The Morgan fingerprint density at radius 3 is 2.77 bits per heavy atom. The Hall–Kier alpha value is -5.46. The van der Waals surface area contributed by atoms with Gasteiger partial charge in [-0.1, -0.05) is 42.0 Å². The lowest BCUT2D eigenvalue weighted by Crippen LogP contribution is -2.21. The molecule has 0 amide bonds. The smallest absolute Gasteiger partial charge is 0.209 e. The van der Waals surface area contributed by atoms with Crippen molar-refractivity contribution in [3.63, 3.8) is 0 Å². The molecule has 2 aliphatic carbocycles. The molecule has 12 heteroatoms. The number of aromatic nitrogens is 6. The number of pyridine rings is 2. The summed E-state index contributed by atoms with van der Waals surface area (Å²) in [6.07, 6.45) is 11.8. The topological polar surface area (TPSA) is 139 Å². The molecule has 0 saturated heterocycles. The number of sulfonamides is 1. The summed E-state index contributed by atoms with van der Waals surface area (Å²) in [7, 11) is -3.44. The van der Waals surface area contributed by atoms with Crippen LogP contribution in [0.25, 0.3) is 50.3 Å². The number of hydrogen-bond acceptors (Lipinski definition) is 7. The molecule has 4 heterocycles. The number of ether oxygens (including phenoxy) is 1. The van der Waals surface area contributed by atoms with Crippen molar-refractivity contribution in [3.05, 3.63) is 125 Å². The highest BCUT2D eigenvalue weighted by molar-refractivity contribution is 7.88. The number of hydrogen-bond donors (Lipinski definition) is 3. The third kappa shape index (κ3) is 6.08. The molecule has 47 heavy (non-hydrogen) atoms. The number of H-pyrrole nitrogens is 2. The molecule has 6 aromatic rings. The minimum Gasteiger partial charge on any atom is -0.489 e. The SMILES string of the molecule is CS(=O)(=O)NCc1cc(F)cc(-c2ccnc3nc(-c4n[nH]c5cnc(C6=CC7CC7=CC(OCc7ccccc7)=C6)cc45)[nH]c23)c1. The number of aromatic amines is 2. The monoisotopic (exact) mass is 645 g/mol. The molecule has 0 bridgehead atoms. The predicted molar refractivity (Wildman–Crippen MR) is 177 cm³/mol. The van der Waals surface area contributed by atoms with Crippen LogP contribution in [0.1, 0.15) is 23.2 Å². The molecule has 0 spiro atoms. The van der Waals surface area contributed by atoms with E-state index in [1.165, 1.54) is 17.7 Å². The van der Waals surface area contributed by atoms with Crippen LogP contribution in [-0.2, 0) is 27.9 Å². The summed E-state index contributed by atoms with van der Waals surface area (Å²) in [4.78, 5) is 17.3. The van der Waals surface area contributed by atoms with E-state index >= 15 is 0 Å². The Morgan fingerprint density at radius 2 is 1.91 bits per heavy atom. The Balaban J connectivity index is 1.13. The van der Waals surface area contributed by atoms with E-state index in [4.69, 9.17) is 14.7 Å². The number of nitrogens with one attached hydrogen (secondary N) is 3. The van der Waals surface area contributed by atoms with Gasteiger partial charge in [-0.05, 0) is 65.6 Å². The molecule has 0 radical (unpaired) electrons. The van der Waals surface area contributed by atoms with Crippen molar-refractivity contribution < 1.29 is 17.5 Å². The molecule has 1 unspecified atom stereocenters. The van der Waals surface area contributed by atoms with E-state index < -0.39 is 15.8 Å². The van der Waals surface area contributed by atoms with Gasteiger partial charge in [0, 0.05) is 35.2 Å². The number of fused-ring (bicyclic) bond motifs is 3. The number of halogens is 1. The van der Waals surface area contributed by atoms with E-state index in [-0.39, 0.29) is 6.54 Å². The van der Waals surface area contributed by atoms with E-state index in [0.29, 0.717) is 51.9 Å². The van der Waals surface area contributed by atoms with Gasteiger partial charge >= 0.3 is 0 Å². The first kappa shape index (κ1) is 29.0. The second-order valence-corrected chi connectivity index (χ2v) is 13.6. The van der Waals surface area contributed by atoms with Crippen LogP contribution in [0, 0.1) is 11.7 Å². The molecule has 2 aromatic carbocycles. The lowest BCUT2D eigenvalue weighted by atomic mass is 10.0. The minimum atomic E-state index is -3.44. The Kier molecular flexibility index (Phi) is 7.03. The van der Waals surface area contributed by atoms with Crippen molar-refractivity contribution in [1.29, 1.82) is 0 Å². The van der Waals surface area contributed by atoms with E-state index in [9.17, 15) is 12.8 Å². The average molecular weight is 646 g/mol. The van der Waals surface area contributed by atoms with Crippen LogP contribution >= 0.6 is 0 Å². The summed E-state index contributed by atoms with van der Waals surface area (Å²) in [5.74, 6) is 1.17. The highest BCUT2D eigenvalue weighted by Gasteiger charge is 2.30. The summed E-state index contributed by atoms with van der Waals surface area (Å²) < 4.78 is 46.5. The maximum Gasteiger partial charge on any atom is 0.209 e. The largest absolute Gasteiger partial charge is 0.489 e. The molecule has 10 nitrogen and oxygen atoms in total. The molecule has 4 aromatic heterocycles. The second-order valence-electron chi connectivity index (χ2n) is 11.7. The molecular formula is C35H28FN7O3S. The van der Waals surface area contributed by atoms with Gasteiger partial charge in [-0.15, -0.1) is 0 Å². The zero-order valence-corrected chi connectivity index (χ0v) is 26.0. The van der Waals surface area contributed by atoms with Gasteiger partial charge in [-0.2, -0.15) is 5.10 Å². The lowest BCUT2D eigenvalue weighted by molar-refractivity contribution is 0.211. The van der Waals surface area contributed by atoms with E-state index in [2.05, 4.69) is 37.0 Å². The first-order chi connectivity index (χ1) is 22.8. The standard InChI is InChI=1S/C35H28FN7O3S/c1-47(44,45)39-17-21-9-24(13-26(36)10-21)28-7-8-37-34-32(28)40-35(41-34)33-29-16-30(38-18-31(29)42-43-33)25-12-22-11-23(22)14-27(15-25)46-19-20-5-3-2-4-6-20/h2-10,12-16,18,22,39H,11,17,19H2,1H3,(H,42,43)(H,37,40,41). The zero-order chi connectivity index (χ0) is 32.1. The molecule has 2 aliphatic rings. The zero-order valence-electron chi connectivity index (χ0n) is 25.2. The minimum absolute atomic E-state index is 0.0357. The fourth-order valence-electron chi connectivity index (χ4n) is 5.79. The first-order valence-corrected chi connectivity index (χ1v) is 16.9. The van der Waals surface area contributed by atoms with Crippen LogP contribution in [0.3, 0.4) is 0 Å². The second kappa shape index (κ2) is 11.4. The first-order valence-electron chi connectivity index (χ1n) is 15.0. The number of benzene rings is 2. The van der Waals surface area contributed by atoms with Gasteiger partial charge < -0.3 is 9.72 Å². The van der Waals surface area contributed by atoms with Gasteiger partial charge in [0.2, 0.25) is 10.0 Å². The highest BCUT2D eigenvalue weighted by Crippen LogP contribution is 2.44. The third-order valence-electron chi connectivity index (χ3n) is 8.19. The maximum absolute atomic E-state index is 14.7. The van der Waals surface area contributed by atoms with E-state index in [1.807, 2.05) is 42.5 Å². The van der Waals surface area contributed by atoms with E-state index in [0.717, 1.165) is 46.2 Å². The molecular weight excluding hydrogens is 617 g/mol. The van der Waals surface area contributed by atoms with Crippen LogP contribution in [0.15, 0.2) is 103 Å². The van der Waals surface area contributed by atoms with Gasteiger partial charge in [-0.25, -0.2) is 27.5 Å². The van der Waals surface area contributed by atoms with Gasteiger partial charge in [0.05, 0.1) is 29.2 Å². The van der Waals surface area contributed by atoms with Gasteiger partial charge in [0.25, 0.3) is 0 Å². The van der Waals surface area contributed by atoms with Gasteiger partial charge in [-0.3, -0.25) is 10.1 Å². The van der Waals surface area contributed by atoms with E-state index in [1.54, 1.807) is 24.5 Å². The highest BCUT2D eigenvalue weighted by atomic mass is 32.2. The van der Waals surface area contributed by atoms with Crippen molar-refractivity contribution in [2.45, 2.75) is 19.6 Å². The van der Waals surface area contributed by atoms with Gasteiger partial charge in [0.15, 0.2) is 11.5 Å². The van der Waals surface area contributed by atoms with Crippen molar-refractivity contribution >= 4 is 37.7 Å². The van der Waals surface area contributed by atoms with Crippen molar-refractivity contribution in [3.8, 4) is 22.6 Å². The fourth-order valence-corrected chi connectivity index (χ4v) is 6.22. The summed E-state index contributed by atoms with van der Waals surface area (Å²) in [6, 6.07) is 18.3. The van der Waals surface area contributed by atoms with Crippen LogP contribution in [-0.4, -0.2) is 44.8 Å². The van der Waals surface area contributed by atoms with Crippen molar-refractivity contribution in [2.24, 2.45) is 5.92 Å². The molecule has 1 fully saturated rings. The van der Waals surface area contributed by atoms with Crippen LogP contribution < -0.4 is 4.72 Å². The summed E-state index contributed by atoms with van der Waals surface area (Å²) >= 11 is 0. The quantitative estimate of drug-likeness (QED) is 0.170. The number of rotatable bonds is 9. The van der Waals surface area contributed by atoms with Crippen LogP contribution in [0.2, 0.25) is 0 Å².